The lowest BCUT2D eigenvalue weighted by molar-refractivity contribution is 0.199. The van der Waals surface area contributed by atoms with E-state index in [0.717, 1.165) is 32.8 Å². The molecule has 0 saturated carbocycles. The van der Waals surface area contributed by atoms with Crippen molar-refractivity contribution in [1.29, 1.82) is 0 Å². The van der Waals surface area contributed by atoms with E-state index < -0.39 is 0 Å². The standard InChI is InChI=1S/C15H27N3OS/c1-15(2)5-4-8-18(9-6-15)14-17-12-13(20-14)11-16-7-10-19-3/h12,16H,4-11H2,1-3H3. The van der Waals surface area contributed by atoms with Crippen LogP contribution in [0.4, 0.5) is 5.13 Å². The first-order valence-electron chi connectivity index (χ1n) is 7.50. The second-order valence-electron chi connectivity index (χ2n) is 6.28. The molecule has 0 atom stereocenters. The lowest BCUT2D eigenvalue weighted by Crippen LogP contribution is -2.24. The topological polar surface area (TPSA) is 37.4 Å². The summed E-state index contributed by atoms with van der Waals surface area (Å²) in [4.78, 5) is 8.36. The van der Waals surface area contributed by atoms with Gasteiger partial charge >= 0.3 is 0 Å². The number of nitrogens with zero attached hydrogens (tertiary/aromatic N) is 2. The van der Waals surface area contributed by atoms with Crippen molar-refractivity contribution in [3.05, 3.63) is 11.1 Å². The molecule has 5 heteroatoms. The molecule has 4 nitrogen and oxygen atoms in total. The number of methoxy groups -OCH3 is 1. The fourth-order valence-electron chi connectivity index (χ4n) is 2.53. The fourth-order valence-corrected chi connectivity index (χ4v) is 3.46. The Hall–Kier alpha value is -0.650. The zero-order valence-corrected chi connectivity index (χ0v) is 13.8. The summed E-state index contributed by atoms with van der Waals surface area (Å²) in [6.07, 6.45) is 5.86. The molecule has 1 aromatic heterocycles. The van der Waals surface area contributed by atoms with Gasteiger partial charge in [-0.3, -0.25) is 0 Å². The Morgan fingerprint density at radius 3 is 3.05 bits per heavy atom. The van der Waals surface area contributed by atoms with Gasteiger partial charge in [0, 0.05) is 44.4 Å². The molecule has 0 bridgehead atoms. The molecule has 0 spiro atoms. The highest BCUT2D eigenvalue weighted by molar-refractivity contribution is 7.15. The van der Waals surface area contributed by atoms with Crippen LogP contribution in [0, 0.1) is 5.41 Å². The smallest absolute Gasteiger partial charge is 0.185 e. The quantitative estimate of drug-likeness (QED) is 0.819. The number of thiazole rings is 1. The summed E-state index contributed by atoms with van der Waals surface area (Å²) in [5, 5.41) is 4.56. The average molecular weight is 297 g/mol. The van der Waals surface area contributed by atoms with Crippen LogP contribution in [0.2, 0.25) is 0 Å². The molecule has 0 amide bonds. The van der Waals surface area contributed by atoms with Gasteiger partial charge < -0.3 is 15.0 Å². The van der Waals surface area contributed by atoms with Gasteiger partial charge in [0.05, 0.1) is 6.61 Å². The first-order valence-corrected chi connectivity index (χ1v) is 8.32. The number of aromatic nitrogens is 1. The van der Waals surface area contributed by atoms with Gasteiger partial charge in [0.15, 0.2) is 5.13 Å². The third-order valence-corrected chi connectivity index (χ3v) is 4.99. The molecule has 1 aliphatic heterocycles. The summed E-state index contributed by atoms with van der Waals surface area (Å²) >= 11 is 1.82. The van der Waals surface area contributed by atoms with Gasteiger partial charge in [-0.1, -0.05) is 13.8 Å². The van der Waals surface area contributed by atoms with Crippen molar-refractivity contribution < 1.29 is 4.74 Å². The van der Waals surface area contributed by atoms with Gasteiger partial charge in [0.2, 0.25) is 0 Å². The molecule has 1 aliphatic rings. The van der Waals surface area contributed by atoms with E-state index in [1.54, 1.807) is 7.11 Å². The Labute approximate surface area is 126 Å². The van der Waals surface area contributed by atoms with Crippen molar-refractivity contribution >= 4 is 16.5 Å². The molecule has 0 aromatic carbocycles. The summed E-state index contributed by atoms with van der Waals surface area (Å²) < 4.78 is 5.03. The number of anilines is 1. The zero-order chi connectivity index (χ0) is 14.4. The van der Waals surface area contributed by atoms with Gasteiger partial charge in [-0.2, -0.15) is 0 Å². The Bertz CT molecular complexity index is 406. The molecule has 0 unspecified atom stereocenters. The first-order chi connectivity index (χ1) is 9.61. The van der Waals surface area contributed by atoms with Gasteiger partial charge in [-0.25, -0.2) is 4.98 Å². The molecule has 114 valence electrons. The maximum absolute atomic E-state index is 5.03. The van der Waals surface area contributed by atoms with Crippen molar-refractivity contribution in [3.63, 3.8) is 0 Å². The van der Waals surface area contributed by atoms with Crippen LogP contribution in [-0.4, -0.2) is 38.3 Å². The van der Waals surface area contributed by atoms with E-state index >= 15 is 0 Å². The molecule has 0 radical (unpaired) electrons. The molecule has 1 saturated heterocycles. The van der Waals surface area contributed by atoms with Crippen LogP contribution in [0.15, 0.2) is 6.20 Å². The molecule has 20 heavy (non-hydrogen) atoms. The molecular formula is C15H27N3OS. The summed E-state index contributed by atoms with van der Waals surface area (Å²) in [7, 11) is 1.73. The van der Waals surface area contributed by atoms with Crippen LogP contribution in [-0.2, 0) is 11.3 Å². The second kappa shape index (κ2) is 7.38. The second-order valence-corrected chi connectivity index (χ2v) is 7.38. The van der Waals surface area contributed by atoms with E-state index in [1.807, 2.05) is 17.5 Å². The number of hydrogen-bond acceptors (Lipinski definition) is 5. The third kappa shape index (κ3) is 4.72. The largest absolute Gasteiger partial charge is 0.383 e. The highest BCUT2D eigenvalue weighted by Gasteiger charge is 2.24. The fraction of sp³-hybridized carbons (Fsp3) is 0.800. The molecule has 2 rings (SSSR count). The summed E-state index contributed by atoms with van der Waals surface area (Å²) in [5.74, 6) is 0. The average Bonchev–Trinajstić information content (AvgIpc) is 2.79. The third-order valence-electron chi connectivity index (χ3n) is 3.93. The normalized spacial score (nSPS) is 19.1. The molecule has 2 heterocycles. The minimum Gasteiger partial charge on any atom is -0.383 e. The van der Waals surface area contributed by atoms with Gasteiger partial charge in [0.1, 0.15) is 0 Å². The molecule has 1 fully saturated rings. The lowest BCUT2D eigenvalue weighted by atomic mass is 9.85. The van der Waals surface area contributed by atoms with Crippen molar-refractivity contribution in [3.8, 4) is 0 Å². The zero-order valence-electron chi connectivity index (χ0n) is 12.9. The SMILES string of the molecule is COCCNCc1cnc(N2CCCC(C)(C)CC2)s1. The van der Waals surface area contributed by atoms with E-state index in [-0.39, 0.29) is 0 Å². The molecular weight excluding hydrogens is 270 g/mol. The summed E-state index contributed by atoms with van der Waals surface area (Å²) in [6, 6.07) is 0. The summed E-state index contributed by atoms with van der Waals surface area (Å²) in [6.45, 7) is 9.58. The Morgan fingerprint density at radius 1 is 1.40 bits per heavy atom. The van der Waals surface area contributed by atoms with Crippen molar-refractivity contribution in [2.24, 2.45) is 5.41 Å². The van der Waals surface area contributed by atoms with Crippen LogP contribution >= 0.6 is 11.3 Å². The van der Waals surface area contributed by atoms with E-state index in [9.17, 15) is 0 Å². The highest BCUT2D eigenvalue weighted by Crippen LogP contribution is 2.32. The monoisotopic (exact) mass is 297 g/mol. The van der Waals surface area contributed by atoms with Crippen molar-refractivity contribution in [1.82, 2.24) is 10.3 Å². The van der Waals surface area contributed by atoms with Gasteiger partial charge in [0.25, 0.3) is 0 Å². The lowest BCUT2D eigenvalue weighted by Gasteiger charge is -2.22. The number of hydrogen-bond donors (Lipinski definition) is 1. The minimum absolute atomic E-state index is 0.483. The number of rotatable bonds is 6. The maximum atomic E-state index is 5.03. The van der Waals surface area contributed by atoms with E-state index in [2.05, 4.69) is 29.0 Å². The Morgan fingerprint density at radius 2 is 2.25 bits per heavy atom. The first kappa shape index (κ1) is 15.7. The van der Waals surface area contributed by atoms with Crippen LogP contribution in [0.3, 0.4) is 0 Å². The molecule has 1 N–H and O–H groups in total. The Kier molecular flexibility index (Phi) is 5.81. The van der Waals surface area contributed by atoms with Crippen LogP contribution in [0.1, 0.15) is 38.0 Å². The molecule has 1 aromatic rings. The number of ether oxygens (including phenoxy) is 1. The number of nitrogens with one attached hydrogen (secondary N) is 1. The van der Waals surface area contributed by atoms with E-state index in [4.69, 9.17) is 4.74 Å². The van der Waals surface area contributed by atoms with E-state index in [0.29, 0.717) is 5.41 Å². The van der Waals surface area contributed by atoms with Crippen LogP contribution in [0.5, 0.6) is 0 Å². The minimum atomic E-state index is 0.483. The van der Waals surface area contributed by atoms with Gasteiger partial charge in [-0.15, -0.1) is 11.3 Å². The predicted molar refractivity (Wildman–Crippen MR) is 85.5 cm³/mol. The van der Waals surface area contributed by atoms with Crippen molar-refractivity contribution in [2.45, 2.75) is 39.7 Å². The molecule has 0 aliphatic carbocycles. The van der Waals surface area contributed by atoms with E-state index in [1.165, 1.54) is 29.3 Å². The Balaban J connectivity index is 1.85. The van der Waals surface area contributed by atoms with Crippen LogP contribution in [0.25, 0.3) is 0 Å². The highest BCUT2D eigenvalue weighted by atomic mass is 32.1. The van der Waals surface area contributed by atoms with Gasteiger partial charge in [-0.05, 0) is 24.7 Å². The van der Waals surface area contributed by atoms with Crippen LogP contribution < -0.4 is 10.2 Å². The predicted octanol–water partition coefficient (Wildman–Crippen LogP) is 2.90. The maximum Gasteiger partial charge on any atom is 0.185 e. The summed E-state index contributed by atoms with van der Waals surface area (Å²) in [5.41, 5.74) is 0.483. The van der Waals surface area contributed by atoms with Crippen molar-refractivity contribution in [2.75, 3.05) is 38.3 Å².